The Labute approximate surface area is 158 Å². The van der Waals surface area contributed by atoms with Crippen molar-refractivity contribution in [2.75, 3.05) is 24.4 Å². The van der Waals surface area contributed by atoms with Gasteiger partial charge in [-0.2, -0.15) is 0 Å². The van der Waals surface area contributed by atoms with E-state index < -0.39 is 0 Å². The summed E-state index contributed by atoms with van der Waals surface area (Å²) in [5.41, 5.74) is 3.71. The van der Waals surface area contributed by atoms with Gasteiger partial charge in [0.15, 0.2) is 0 Å². The number of ether oxygens (including phenoxy) is 1. The molecule has 1 heterocycles. The maximum Gasteiger partial charge on any atom is 0.260 e. The summed E-state index contributed by atoms with van der Waals surface area (Å²) < 4.78 is 5.17. The van der Waals surface area contributed by atoms with Crippen molar-refractivity contribution in [3.63, 3.8) is 0 Å². The molecule has 0 saturated heterocycles. The van der Waals surface area contributed by atoms with E-state index in [-0.39, 0.29) is 5.91 Å². The standard InChI is InChI=1S/C21H22N4O2/c1-14-13-15(2)23-21(22-14)24-19-8-6-5-7-18(19)20(26)25(3)16-9-11-17(27-4)12-10-16/h5-13H,1-4H3,(H,22,23,24). The van der Waals surface area contributed by atoms with Crippen molar-refractivity contribution >= 4 is 23.2 Å². The van der Waals surface area contributed by atoms with Crippen molar-refractivity contribution in [3.8, 4) is 5.75 Å². The number of para-hydroxylation sites is 1. The van der Waals surface area contributed by atoms with Gasteiger partial charge in [0.2, 0.25) is 5.95 Å². The highest BCUT2D eigenvalue weighted by atomic mass is 16.5. The quantitative estimate of drug-likeness (QED) is 0.739. The molecule has 0 aliphatic rings. The molecule has 0 atom stereocenters. The number of methoxy groups -OCH3 is 1. The minimum absolute atomic E-state index is 0.132. The number of carbonyl (C=O) groups excluding carboxylic acids is 1. The van der Waals surface area contributed by atoms with Crippen molar-refractivity contribution in [2.24, 2.45) is 0 Å². The molecule has 0 aliphatic carbocycles. The Morgan fingerprint density at radius 1 is 1.00 bits per heavy atom. The molecule has 1 amide bonds. The number of hydrogen-bond donors (Lipinski definition) is 1. The largest absolute Gasteiger partial charge is 0.497 e. The highest BCUT2D eigenvalue weighted by molar-refractivity contribution is 6.09. The molecular weight excluding hydrogens is 340 g/mol. The molecule has 27 heavy (non-hydrogen) atoms. The molecule has 0 saturated carbocycles. The van der Waals surface area contributed by atoms with Crippen LogP contribution in [0.15, 0.2) is 54.6 Å². The monoisotopic (exact) mass is 362 g/mol. The maximum absolute atomic E-state index is 13.1. The molecule has 138 valence electrons. The first-order valence-electron chi connectivity index (χ1n) is 8.58. The average Bonchev–Trinajstić information content (AvgIpc) is 2.66. The van der Waals surface area contributed by atoms with Crippen molar-refractivity contribution in [3.05, 3.63) is 71.5 Å². The molecule has 0 spiro atoms. The summed E-state index contributed by atoms with van der Waals surface area (Å²) in [7, 11) is 3.36. The molecule has 3 aromatic rings. The number of anilines is 3. The molecule has 0 aliphatic heterocycles. The van der Waals surface area contributed by atoms with E-state index in [1.807, 2.05) is 62.4 Å². The molecule has 6 nitrogen and oxygen atoms in total. The Balaban J connectivity index is 1.88. The number of benzene rings is 2. The van der Waals surface area contributed by atoms with Gasteiger partial charge in [-0.05, 0) is 56.3 Å². The topological polar surface area (TPSA) is 67.3 Å². The number of hydrogen-bond acceptors (Lipinski definition) is 5. The van der Waals surface area contributed by atoms with Crippen LogP contribution in [0.1, 0.15) is 21.7 Å². The van der Waals surface area contributed by atoms with Crippen LogP contribution in [0, 0.1) is 13.8 Å². The first kappa shape index (κ1) is 18.4. The summed E-state index contributed by atoms with van der Waals surface area (Å²) in [5, 5.41) is 3.17. The molecule has 0 unspecified atom stereocenters. The van der Waals surface area contributed by atoms with Gasteiger partial charge in [-0.15, -0.1) is 0 Å². The summed E-state index contributed by atoms with van der Waals surface area (Å²) in [5.74, 6) is 1.08. The second kappa shape index (κ2) is 7.86. The van der Waals surface area contributed by atoms with Crippen LogP contribution in [-0.2, 0) is 0 Å². The summed E-state index contributed by atoms with van der Waals surface area (Å²) in [6.45, 7) is 3.82. The Morgan fingerprint density at radius 3 is 2.26 bits per heavy atom. The van der Waals surface area contributed by atoms with Gasteiger partial charge < -0.3 is 15.0 Å². The smallest absolute Gasteiger partial charge is 0.260 e. The van der Waals surface area contributed by atoms with E-state index in [1.165, 1.54) is 0 Å². The molecule has 6 heteroatoms. The lowest BCUT2D eigenvalue weighted by molar-refractivity contribution is 0.0994. The van der Waals surface area contributed by atoms with Crippen molar-refractivity contribution in [1.29, 1.82) is 0 Å². The molecule has 0 bridgehead atoms. The summed E-state index contributed by atoms with van der Waals surface area (Å²) in [6, 6.07) is 16.6. The second-order valence-corrected chi connectivity index (χ2v) is 6.21. The molecule has 1 N–H and O–H groups in total. The third-order valence-electron chi connectivity index (χ3n) is 4.15. The van der Waals surface area contributed by atoms with Gasteiger partial charge in [-0.25, -0.2) is 9.97 Å². The normalized spacial score (nSPS) is 10.4. The lowest BCUT2D eigenvalue weighted by atomic mass is 10.1. The van der Waals surface area contributed by atoms with Gasteiger partial charge in [0.1, 0.15) is 5.75 Å². The lowest BCUT2D eigenvalue weighted by Crippen LogP contribution is -2.26. The number of rotatable bonds is 5. The van der Waals surface area contributed by atoms with Gasteiger partial charge >= 0.3 is 0 Å². The second-order valence-electron chi connectivity index (χ2n) is 6.21. The minimum atomic E-state index is -0.132. The Bertz CT molecular complexity index is 934. The maximum atomic E-state index is 13.1. The fraction of sp³-hybridized carbons (Fsp3) is 0.190. The number of nitrogens with zero attached hydrogens (tertiary/aromatic N) is 3. The Hall–Kier alpha value is -3.41. The number of aryl methyl sites for hydroxylation is 2. The lowest BCUT2D eigenvalue weighted by Gasteiger charge is -2.20. The number of carbonyl (C=O) groups is 1. The predicted octanol–water partition coefficient (Wildman–Crippen LogP) is 4.12. The van der Waals surface area contributed by atoms with Crippen molar-refractivity contribution in [1.82, 2.24) is 9.97 Å². The minimum Gasteiger partial charge on any atom is -0.497 e. The Morgan fingerprint density at radius 2 is 1.63 bits per heavy atom. The van der Waals surface area contributed by atoms with Crippen LogP contribution < -0.4 is 15.0 Å². The van der Waals surface area contributed by atoms with Gasteiger partial charge in [-0.3, -0.25) is 4.79 Å². The fourth-order valence-corrected chi connectivity index (χ4v) is 2.78. The molecule has 3 rings (SSSR count). The van der Waals surface area contributed by atoms with E-state index in [0.29, 0.717) is 17.2 Å². The highest BCUT2D eigenvalue weighted by Crippen LogP contribution is 2.24. The third kappa shape index (κ3) is 4.23. The number of nitrogens with one attached hydrogen (secondary N) is 1. The summed E-state index contributed by atoms with van der Waals surface area (Å²) in [4.78, 5) is 23.4. The zero-order chi connectivity index (χ0) is 19.4. The average molecular weight is 362 g/mol. The van der Waals surface area contributed by atoms with Crippen molar-refractivity contribution < 1.29 is 9.53 Å². The number of aromatic nitrogens is 2. The van der Waals surface area contributed by atoms with E-state index in [4.69, 9.17) is 4.74 Å². The van der Waals surface area contributed by atoms with E-state index in [0.717, 1.165) is 22.8 Å². The van der Waals surface area contributed by atoms with Crippen LogP contribution >= 0.6 is 0 Å². The van der Waals surface area contributed by atoms with E-state index >= 15 is 0 Å². The summed E-state index contributed by atoms with van der Waals surface area (Å²) >= 11 is 0. The van der Waals surface area contributed by atoms with Crippen molar-refractivity contribution in [2.45, 2.75) is 13.8 Å². The predicted molar refractivity (Wildman–Crippen MR) is 107 cm³/mol. The van der Waals surface area contributed by atoms with Gasteiger partial charge in [0, 0.05) is 24.1 Å². The van der Waals surface area contributed by atoms with Crippen LogP contribution in [0.2, 0.25) is 0 Å². The van der Waals surface area contributed by atoms with Crippen LogP contribution in [-0.4, -0.2) is 30.0 Å². The first-order chi connectivity index (χ1) is 13.0. The molecule has 1 aromatic heterocycles. The number of amides is 1. The fourth-order valence-electron chi connectivity index (χ4n) is 2.78. The Kier molecular flexibility index (Phi) is 5.35. The van der Waals surface area contributed by atoms with Gasteiger partial charge in [0.25, 0.3) is 5.91 Å². The molecule has 0 radical (unpaired) electrons. The van der Waals surface area contributed by atoms with E-state index in [2.05, 4.69) is 15.3 Å². The van der Waals surface area contributed by atoms with Gasteiger partial charge in [-0.1, -0.05) is 12.1 Å². The zero-order valence-electron chi connectivity index (χ0n) is 15.9. The third-order valence-corrected chi connectivity index (χ3v) is 4.15. The first-order valence-corrected chi connectivity index (χ1v) is 8.58. The SMILES string of the molecule is COc1ccc(N(C)C(=O)c2ccccc2Nc2nc(C)cc(C)n2)cc1. The van der Waals surface area contributed by atoms with E-state index in [9.17, 15) is 4.79 Å². The zero-order valence-corrected chi connectivity index (χ0v) is 15.9. The molecule has 2 aromatic carbocycles. The highest BCUT2D eigenvalue weighted by Gasteiger charge is 2.17. The van der Waals surface area contributed by atoms with Crippen LogP contribution in [0.5, 0.6) is 5.75 Å². The molecular formula is C21H22N4O2. The van der Waals surface area contributed by atoms with Crippen LogP contribution in [0.4, 0.5) is 17.3 Å². The van der Waals surface area contributed by atoms with Crippen LogP contribution in [0.3, 0.4) is 0 Å². The molecule has 0 fully saturated rings. The van der Waals surface area contributed by atoms with Gasteiger partial charge in [0.05, 0.1) is 18.4 Å². The van der Waals surface area contributed by atoms with E-state index in [1.54, 1.807) is 25.1 Å². The van der Waals surface area contributed by atoms with Crippen LogP contribution in [0.25, 0.3) is 0 Å². The summed E-state index contributed by atoms with van der Waals surface area (Å²) in [6.07, 6.45) is 0.